The number of benzene rings is 2. The molecule has 2 aromatic carbocycles. The first-order valence-electron chi connectivity index (χ1n) is 9.61. The molecular formula is C22H28N4O2S. The Labute approximate surface area is 177 Å². The monoisotopic (exact) mass is 412 g/mol. The molecule has 29 heavy (non-hydrogen) atoms. The van der Waals surface area contributed by atoms with Crippen LogP contribution in [0.2, 0.25) is 0 Å². The normalized spacial score (nSPS) is 11.1. The van der Waals surface area contributed by atoms with Crippen molar-refractivity contribution in [3.05, 3.63) is 57.9 Å². The third-order valence-electron chi connectivity index (χ3n) is 4.98. The highest BCUT2D eigenvalue weighted by Crippen LogP contribution is 2.30. The number of aryl methyl sites for hydroxylation is 2. The summed E-state index contributed by atoms with van der Waals surface area (Å²) in [4.78, 5) is 6.70. The van der Waals surface area contributed by atoms with E-state index in [9.17, 15) is 0 Å². The van der Waals surface area contributed by atoms with Gasteiger partial charge >= 0.3 is 0 Å². The average molecular weight is 413 g/mol. The van der Waals surface area contributed by atoms with Crippen LogP contribution >= 0.6 is 12.2 Å². The Balaban J connectivity index is 1.75. The fourth-order valence-electron chi connectivity index (χ4n) is 3.26. The number of hydrogen-bond donors (Lipinski definition) is 1. The van der Waals surface area contributed by atoms with Crippen molar-refractivity contribution in [1.82, 2.24) is 19.7 Å². The van der Waals surface area contributed by atoms with Crippen LogP contribution in [0.1, 0.15) is 23.6 Å². The summed E-state index contributed by atoms with van der Waals surface area (Å²) in [7, 11) is 5.35. The first-order valence-corrected chi connectivity index (χ1v) is 10.0. The van der Waals surface area contributed by atoms with Crippen molar-refractivity contribution >= 4 is 12.2 Å². The molecule has 0 aliphatic carbocycles. The third-order valence-corrected chi connectivity index (χ3v) is 5.29. The second-order valence-electron chi connectivity index (χ2n) is 7.12. The summed E-state index contributed by atoms with van der Waals surface area (Å²) >= 11 is 5.46. The summed E-state index contributed by atoms with van der Waals surface area (Å²) in [5.74, 6) is 2.26. The predicted molar refractivity (Wildman–Crippen MR) is 118 cm³/mol. The average Bonchev–Trinajstić information content (AvgIpc) is 3.09. The van der Waals surface area contributed by atoms with Crippen LogP contribution in [-0.2, 0) is 19.6 Å². The van der Waals surface area contributed by atoms with E-state index in [4.69, 9.17) is 21.7 Å². The van der Waals surface area contributed by atoms with Crippen LogP contribution in [0.4, 0.5) is 0 Å². The van der Waals surface area contributed by atoms with Crippen LogP contribution in [0.15, 0.2) is 36.4 Å². The zero-order valence-corrected chi connectivity index (χ0v) is 18.5. The largest absolute Gasteiger partial charge is 0.493 e. The lowest BCUT2D eigenvalue weighted by Gasteiger charge is -2.19. The Hall–Kier alpha value is -2.64. The Bertz CT molecular complexity index is 1020. The van der Waals surface area contributed by atoms with Crippen LogP contribution in [0, 0.1) is 11.7 Å². The number of aromatic amines is 1. The lowest BCUT2D eigenvalue weighted by atomic mass is 10.1. The molecule has 7 heteroatoms. The molecule has 3 rings (SSSR count). The first kappa shape index (κ1) is 21.1. The molecule has 0 unspecified atom stereocenters. The van der Waals surface area contributed by atoms with Crippen molar-refractivity contribution in [2.75, 3.05) is 21.3 Å². The fraction of sp³-hybridized carbons (Fsp3) is 0.364. The van der Waals surface area contributed by atoms with E-state index in [2.05, 4.69) is 60.1 Å². The van der Waals surface area contributed by atoms with E-state index in [0.29, 0.717) is 11.4 Å². The van der Waals surface area contributed by atoms with Crippen molar-refractivity contribution in [2.24, 2.45) is 0 Å². The van der Waals surface area contributed by atoms with Crippen molar-refractivity contribution in [3.63, 3.8) is 0 Å². The number of nitrogens with one attached hydrogen (secondary N) is 1. The Morgan fingerprint density at radius 3 is 2.38 bits per heavy atom. The quantitative estimate of drug-likeness (QED) is 0.549. The molecule has 0 atom stereocenters. The second kappa shape index (κ2) is 9.24. The fourth-order valence-corrected chi connectivity index (χ4v) is 3.45. The maximum Gasteiger partial charge on any atom is 0.217 e. The standard InChI is InChI=1S/C22H28N4O2S/c1-6-16-7-9-17(10-8-16)21-23-22(29)26(24-21)14-25(3)13-18-12-20(28-5)19(27-4)11-15(18)2/h7-12H,6,13-14H2,1-5H3,(H,23,24,29). The van der Waals surface area contributed by atoms with E-state index >= 15 is 0 Å². The van der Waals surface area contributed by atoms with E-state index in [0.717, 1.165) is 41.4 Å². The van der Waals surface area contributed by atoms with Crippen LogP contribution in [0.3, 0.4) is 0 Å². The number of nitrogens with zero attached hydrogens (tertiary/aromatic N) is 3. The van der Waals surface area contributed by atoms with E-state index < -0.39 is 0 Å². The van der Waals surface area contributed by atoms with E-state index in [-0.39, 0.29) is 0 Å². The number of H-pyrrole nitrogens is 1. The van der Waals surface area contributed by atoms with Gasteiger partial charge < -0.3 is 9.47 Å². The lowest BCUT2D eigenvalue weighted by Crippen LogP contribution is -2.23. The maximum atomic E-state index is 5.46. The summed E-state index contributed by atoms with van der Waals surface area (Å²) in [6.45, 7) is 5.57. The van der Waals surface area contributed by atoms with Gasteiger partial charge in [-0.25, -0.2) is 4.68 Å². The minimum absolute atomic E-state index is 0.537. The van der Waals surface area contributed by atoms with Gasteiger partial charge in [0, 0.05) is 12.1 Å². The molecule has 0 aliphatic heterocycles. The van der Waals surface area contributed by atoms with Crippen molar-refractivity contribution in [2.45, 2.75) is 33.5 Å². The van der Waals surface area contributed by atoms with Gasteiger partial charge in [-0.15, -0.1) is 0 Å². The van der Waals surface area contributed by atoms with Crippen LogP contribution in [0.25, 0.3) is 11.4 Å². The van der Waals surface area contributed by atoms with Gasteiger partial charge in [-0.2, -0.15) is 4.98 Å². The van der Waals surface area contributed by atoms with Gasteiger partial charge in [0.25, 0.3) is 0 Å². The smallest absolute Gasteiger partial charge is 0.217 e. The minimum atomic E-state index is 0.537. The highest BCUT2D eigenvalue weighted by Gasteiger charge is 2.12. The zero-order valence-electron chi connectivity index (χ0n) is 17.7. The molecule has 1 aromatic heterocycles. The summed E-state index contributed by atoms with van der Waals surface area (Å²) in [5, 5.41) is 3.32. The van der Waals surface area contributed by atoms with Crippen LogP contribution < -0.4 is 9.47 Å². The molecule has 154 valence electrons. The number of aromatic nitrogens is 3. The van der Waals surface area contributed by atoms with Gasteiger partial charge in [0.1, 0.15) is 0 Å². The number of hydrogen-bond acceptors (Lipinski definition) is 5. The molecule has 0 aliphatic rings. The number of methoxy groups -OCH3 is 2. The van der Waals surface area contributed by atoms with Crippen LogP contribution in [0.5, 0.6) is 11.5 Å². The number of ether oxygens (including phenoxy) is 2. The molecule has 1 N–H and O–H groups in total. The maximum absolute atomic E-state index is 5.46. The molecule has 0 saturated heterocycles. The lowest BCUT2D eigenvalue weighted by molar-refractivity contribution is 0.243. The molecular weight excluding hydrogens is 384 g/mol. The SMILES string of the molecule is CCc1ccc(-c2nc(=S)n(CN(C)Cc3cc(OC)c(OC)cc3C)[nH]2)cc1. The molecule has 0 amide bonds. The highest BCUT2D eigenvalue weighted by atomic mass is 32.1. The Morgan fingerprint density at radius 1 is 1.10 bits per heavy atom. The summed E-state index contributed by atoms with van der Waals surface area (Å²) < 4.78 is 13.2. The predicted octanol–water partition coefficient (Wildman–Crippen LogP) is 4.59. The minimum Gasteiger partial charge on any atom is -0.493 e. The van der Waals surface area contributed by atoms with Crippen molar-refractivity contribution in [1.29, 1.82) is 0 Å². The van der Waals surface area contributed by atoms with Gasteiger partial charge in [0.05, 0.1) is 20.9 Å². The molecule has 3 aromatic rings. The van der Waals surface area contributed by atoms with E-state index in [1.807, 2.05) is 16.8 Å². The summed E-state index contributed by atoms with van der Waals surface area (Å²) in [5.41, 5.74) is 4.66. The molecule has 0 bridgehead atoms. The number of rotatable bonds is 8. The molecule has 1 heterocycles. The van der Waals surface area contributed by atoms with Crippen molar-refractivity contribution in [3.8, 4) is 22.9 Å². The van der Waals surface area contributed by atoms with Crippen LogP contribution in [-0.4, -0.2) is 40.9 Å². The zero-order chi connectivity index (χ0) is 21.0. The highest BCUT2D eigenvalue weighted by molar-refractivity contribution is 7.71. The topological polar surface area (TPSA) is 55.3 Å². The summed E-state index contributed by atoms with van der Waals surface area (Å²) in [6, 6.07) is 12.4. The molecule has 0 fully saturated rings. The Morgan fingerprint density at radius 2 is 1.76 bits per heavy atom. The molecule has 0 spiro atoms. The first-order chi connectivity index (χ1) is 13.9. The molecule has 0 saturated carbocycles. The Kier molecular flexibility index (Phi) is 6.71. The van der Waals surface area contributed by atoms with Crippen molar-refractivity contribution < 1.29 is 9.47 Å². The molecule has 6 nitrogen and oxygen atoms in total. The summed E-state index contributed by atoms with van der Waals surface area (Å²) in [6.07, 6.45) is 1.02. The van der Waals surface area contributed by atoms with Gasteiger partial charge in [-0.3, -0.25) is 10.00 Å². The van der Waals surface area contributed by atoms with Gasteiger partial charge in [0.2, 0.25) is 4.77 Å². The van der Waals surface area contributed by atoms with Gasteiger partial charge in [-0.1, -0.05) is 31.2 Å². The van der Waals surface area contributed by atoms with E-state index in [1.54, 1.807) is 14.2 Å². The molecule has 0 radical (unpaired) electrons. The van der Waals surface area contributed by atoms with E-state index in [1.165, 1.54) is 11.1 Å². The second-order valence-corrected chi connectivity index (χ2v) is 7.49. The van der Waals surface area contributed by atoms with Gasteiger partial charge in [-0.05, 0) is 61.4 Å². The van der Waals surface area contributed by atoms with Gasteiger partial charge in [0.15, 0.2) is 17.3 Å². The third kappa shape index (κ3) is 4.86.